The average Bonchev–Trinajstić information content (AvgIpc) is 2.17. The highest BCUT2D eigenvalue weighted by Gasteiger charge is 2.28. The standard InChI is InChI=1S/C12H15BrO2/c1-14-8-9-3-2-4-11(5-9)15-12-6-10(13)7-12/h2-5,10,12H,6-8H2,1H3. The van der Waals surface area contributed by atoms with Gasteiger partial charge in [-0.25, -0.2) is 0 Å². The van der Waals surface area contributed by atoms with Crippen molar-refractivity contribution in [1.29, 1.82) is 0 Å². The Morgan fingerprint density at radius 2 is 2.20 bits per heavy atom. The Morgan fingerprint density at radius 3 is 2.87 bits per heavy atom. The van der Waals surface area contributed by atoms with Gasteiger partial charge in [0.1, 0.15) is 11.9 Å². The van der Waals surface area contributed by atoms with Gasteiger partial charge in [-0.05, 0) is 30.5 Å². The molecule has 0 spiro atoms. The molecule has 1 aromatic carbocycles. The molecule has 1 saturated carbocycles. The first-order valence-electron chi connectivity index (χ1n) is 5.16. The number of alkyl halides is 1. The molecule has 0 bridgehead atoms. The van der Waals surface area contributed by atoms with E-state index in [2.05, 4.69) is 15.9 Å². The summed E-state index contributed by atoms with van der Waals surface area (Å²) in [5.41, 5.74) is 1.16. The molecule has 0 N–H and O–H groups in total. The van der Waals surface area contributed by atoms with E-state index < -0.39 is 0 Å². The second-order valence-corrected chi connectivity index (χ2v) is 5.18. The maximum Gasteiger partial charge on any atom is 0.120 e. The van der Waals surface area contributed by atoms with E-state index in [0.717, 1.165) is 24.2 Å². The Labute approximate surface area is 98.7 Å². The SMILES string of the molecule is COCc1cccc(OC2CC(Br)C2)c1. The monoisotopic (exact) mass is 270 g/mol. The third-order valence-electron chi connectivity index (χ3n) is 2.55. The summed E-state index contributed by atoms with van der Waals surface area (Å²) in [6, 6.07) is 8.10. The van der Waals surface area contributed by atoms with Gasteiger partial charge in [-0.1, -0.05) is 28.1 Å². The smallest absolute Gasteiger partial charge is 0.120 e. The number of halogens is 1. The van der Waals surface area contributed by atoms with E-state index in [4.69, 9.17) is 9.47 Å². The van der Waals surface area contributed by atoms with E-state index in [1.807, 2.05) is 24.3 Å². The van der Waals surface area contributed by atoms with Crippen LogP contribution in [-0.4, -0.2) is 18.0 Å². The van der Waals surface area contributed by atoms with Gasteiger partial charge in [0.25, 0.3) is 0 Å². The molecular weight excluding hydrogens is 256 g/mol. The summed E-state index contributed by atoms with van der Waals surface area (Å²) in [5, 5.41) is 0. The molecule has 1 aliphatic rings. The van der Waals surface area contributed by atoms with Crippen LogP contribution in [-0.2, 0) is 11.3 Å². The second kappa shape index (κ2) is 4.99. The Kier molecular flexibility index (Phi) is 3.65. The van der Waals surface area contributed by atoms with Crippen LogP contribution in [0.25, 0.3) is 0 Å². The summed E-state index contributed by atoms with van der Waals surface area (Å²) in [4.78, 5) is 0.643. The van der Waals surface area contributed by atoms with Crippen LogP contribution in [0.1, 0.15) is 18.4 Å². The highest BCUT2D eigenvalue weighted by molar-refractivity contribution is 9.09. The molecule has 0 aliphatic heterocycles. The predicted octanol–water partition coefficient (Wildman–Crippen LogP) is 3.14. The fraction of sp³-hybridized carbons (Fsp3) is 0.500. The highest BCUT2D eigenvalue weighted by atomic mass is 79.9. The number of hydrogen-bond donors (Lipinski definition) is 0. The van der Waals surface area contributed by atoms with Gasteiger partial charge in [0, 0.05) is 11.9 Å². The summed E-state index contributed by atoms with van der Waals surface area (Å²) in [6.45, 7) is 0.642. The van der Waals surface area contributed by atoms with E-state index in [-0.39, 0.29) is 0 Å². The molecule has 2 nitrogen and oxygen atoms in total. The van der Waals surface area contributed by atoms with Crippen molar-refractivity contribution >= 4 is 15.9 Å². The van der Waals surface area contributed by atoms with Crippen molar-refractivity contribution in [3.05, 3.63) is 29.8 Å². The largest absolute Gasteiger partial charge is 0.490 e. The topological polar surface area (TPSA) is 18.5 Å². The average molecular weight is 271 g/mol. The van der Waals surface area contributed by atoms with Crippen molar-refractivity contribution in [3.63, 3.8) is 0 Å². The molecule has 0 amide bonds. The molecule has 0 unspecified atom stereocenters. The van der Waals surface area contributed by atoms with Crippen molar-refractivity contribution < 1.29 is 9.47 Å². The van der Waals surface area contributed by atoms with Gasteiger partial charge < -0.3 is 9.47 Å². The van der Waals surface area contributed by atoms with Crippen molar-refractivity contribution in [1.82, 2.24) is 0 Å². The maximum atomic E-state index is 5.82. The van der Waals surface area contributed by atoms with E-state index in [1.165, 1.54) is 0 Å². The number of methoxy groups -OCH3 is 1. The fourth-order valence-corrected chi connectivity index (χ4v) is 2.50. The first-order chi connectivity index (χ1) is 7.28. The van der Waals surface area contributed by atoms with Crippen LogP contribution in [0.15, 0.2) is 24.3 Å². The Balaban J connectivity index is 1.93. The van der Waals surface area contributed by atoms with Crippen LogP contribution in [0.2, 0.25) is 0 Å². The predicted molar refractivity (Wildman–Crippen MR) is 63.5 cm³/mol. The van der Waals surface area contributed by atoms with Gasteiger partial charge >= 0.3 is 0 Å². The fourth-order valence-electron chi connectivity index (χ4n) is 1.67. The first kappa shape index (κ1) is 11.0. The lowest BCUT2D eigenvalue weighted by Gasteiger charge is -2.31. The van der Waals surface area contributed by atoms with E-state index >= 15 is 0 Å². The molecule has 0 heterocycles. The van der Waals surface area contributed by atoms with Crippen LogP contribution in [0.3, 0.4) is 0 Å². The summed E-state index contributed by atoms with van der Waals surface area (Å²) < 4.78 is 10.9. The molecule has 3 heteroatoms. The van der Waals surface area contributed by atoms with E-state index in [1.54, 1.807) is 7.11 Å². The molecule has 1 aliphatic carbocycles. The summed E-state index contributed by atoms with van der Waals surface area (Å²) >= 11 is 3.55. The zero-order valence-electron chi connectivity index (χ0n) is 8.78. The van der Waals surface area contributed by atoms with Gasteiger partial charge in [0.15, 0.2) is 0 Å². The van der Waals surface area contributed by atoms with Gasteiger partial charge in [-0.15, -0.1) is 0 Å². The van der Waals surface area contributed by atoms with Crippen LogP contribution < -0.4 is 4.74 Å². The molecule has 0 aromatic heterocycles. The molecule has 1 fully saturated rings. The van der Waals surface area contributed by atoms with Gasteiger partial charge in [-0.2, -0.15) is 0 Å². The third-order valence-corrected chi connectivity index (χ3v) is 3.30. The van der Waals surface area contributed by atoms with Crippen LogP contribution in [0, 0.1) is 0 Å². The van der Waals surface area contributed by atoms with Crippen molar-refractivity contribution in [2.24, 2.45) is 0 Å². The van der Waals surface area contributed by atoms with Gasteiger partial charge in [0.05, 0.1) is 6.61 Å². The quantitative estimate of drug-likeness (QED) is 0.783. The highest BCUT2D eigenvalue weighted by Crippen LogP contribution is 2.31. The number of ether oxygens (including phenoxy) is 2. The van der Waals surface area contributed by atoms with Crippen LogP contribution in [0.5, 0.6) is 5.75 Å². The molecule has 15 heavy (non-hydrogen) atoms. The molecule has 0 radical (unpaired) electrons. The molecule has 0 atom stereocenters. The second-order valence-electron chi connectivity index (χ2n) is 3.89. The summed E-state index contributed by atoms with van der Waals surface area (Å²) in [5.74, 6) is 0.953. The molecule has 0 saturated heterocycles. The zero-order chi connectivity index (χ0) is 10.7. The lowest BCUT2D eigenvalue weighted by Crippen LogP contribution is -2.33. The first-order valence-corrected chi connectivity index (χ1v) is 6.08. The van der Waals surface area contributed by atoms with Gasteiger partial charge in [0.2, 0.25) is 0 Å². The Hall–Kier alpha value is -0.540. The normalized spacial score (nSPS) is 24.7. The number of benzene rings is 1. The lowest BCUT2D eigenvalue weighted by molar-refractivity contribution is 0.127. The minimum Gasteiger partial charge on any atom is -0.490 e. The summed E-state index contributed by atoms with van der Waals surface area (Å²) in [6.07, 6.45) is 2.59. The van der Waals surface area contributed by atoms with E-state index in [0.29, 0.717) is 17.5 Å². The van der Waals surface area contributed by atoms with Crippen molar-refractivity contribution in [2.75, 3.05) is 7.11 Å². The van der Waals surface area contributed by atoms with Crippen LogP contribution in [0.4, 0.5) is 0 Å². The maximum absolute atomic E-state index is 5.82. The van der Waals surface area contributed by atoms with Crippen LogP contribution >= 0.6 is 15.9 Å². The zero-order valence-corrected chi connectivity index (χ0v) is 10.4. The van der Waals surface area contributed by atoms with Crippen molar-refractivity contribution in [3.8, 4) is 5.75 Å². The van der Waals surface area contributed by atoms with E-state index in [9.17, 15) is 0 Å². The molecular formula is C12H15BrO2. The molecule has 2 rings (SSSR count). The van der Waals surface area contributed by atoms with Gasteiger partial charge in [-0.3, -0.25) is 0 Å². The number of rotatable bonds is 4. The van der Waals surface area contributed by atoms with Crippen molar-refractivity contribution in [2.45, 2.75) is 30.4 Å². The Bertz CT molecular complexity index is 321. The summed E-state index contributed by atoms with van der Waals surface area (Å²) in [7, 11) is 1.70. The minimum atomic E-state index is 0.382. The Morgan fingerprint density at radius 1 is 1.40 bits per heavy atom. The third kappa shape index (κ3) is 2.95. The lowest BCUT2D eigenvalue weighted by atomic mass is 9.96. The number of hydrogen-bond acceptors (Lipinski definition) is 2. The minimum absolute atomic E-state index is 0.382. The molecule has 1 aromatic rings. The molecule has 82 valence electrons.